The molecule has 4 nitrogen and oxygen atoms in total. The Morgan fingerprint density at radius 1 is 1.21 bits per heavy atom. The van der Waals surface area contributed by atoms with Gasteiger partial charge >= 0.3 is 0 Å². The molecule has 1 rings (SSSR count). The lowest BCUT2D eigenvalue weighted by molar-refractivity contribution is 0.156. The predicted octanol–water partition coefficient (Wildman–Crippen LogP) is -0.132. The van der Waals surface area contributed by atoms with Gasteiger partial charge in [0.2, 0.25) is 0 Å². The van der Waals surface area contributed by atoms with Crippen molar-refractivity contribution in [1.82, 2.24) is 9.88 Å². The van der Waals surface area contributed by atoms with Crippen LogP contribution >= 0.6 is 0 Å². The molecule has 4 heteroatoms. The molecule has 0 aromatic carbocycles. The van der Waals surface area contributed by atoms with Crippen molar-refractivity contribution >= 4 is 0 Å². The van der Waals surface area contributed by atoms with Gasteiger partial charge in [-0.15, -0.1) is 0 Å². The van der Waals surface area contributed by atoms with E-state index in [1.54, 1.807) is 12.4 Å². The first-order valence-corrected chi connectivity index (χ1v) is 4.70. The van der Waals surface area contributed by atoms with Gasteiger partial charge in [-0.2, -0.15) is 0 Å². The van der Waals surface area contributed by atoms with Gasteiger partial charge in [0, 0.05) is 32.0 Å². The quantitative estimate of drug-likeness (QED) is 0.665. The average Bonchev–Trinajstić information content (AvgIpc) is 2.20. The molecular weight excluding hydrogens is 180 g/mol. The summed E-state index contributed by atoms with van der Waals surface area (Å²) in [6.45, 7) is 2.10. The fourth-order valence-corrected chi connectivity index (χ4v) is 1.30. The van der Waals surface area contributed by atoms with Crippen LogP contribution in [-0.4, -0.2) is 46.4 Å². The van der Waals surface area contributed by atoms with Crippen molar-refractivity contribution in [2.24, 2.45) is 0 Å². The highest BCUT2D eigenvalue weighted by Crippen LogP contribution is 2.01. The Kier molecular flexibility index (Phi) is 5.14. The highest BCUT2D eigenvalue weighted by molar-refractivity contribution is 5.07. The Hall–Kier alpha value is -0.970. The number of aromatic nitrogens is 1. The molecule has 0 radical (unpaired) electrons. The van der Waals surface area contributed by atoms with Crippen LogP contribution in [0.3, 0.4) is 0 Å². The second kappa shape index (κ2) is 6.48. The minimum Gasteiger partial charge on any atom is -0.395 e. The van der Waals surface area contributed by atoms with Crippen LogP contribution in [0.15, 0.2) is 24.5 Å². The number of rotatable bonds is 6. The molecule has 0 unspecified atom stereocenters. The zero-order chi connectivity index (χ0) is 10.2. The number of nitrogens with zero attached hydrogens (tertiary/aromatic N) is 2. The van der Waals surface area contributed by atoms with E-state index in [-0.39, 0.29) is 13.2 Å². The first-order valence-electron chi connectivity index (χ1n) is 4.70. The highest BCUT2D eigenvalue weighted by atomic mass is 16.3. The Balaban J connectivity index is 2.46. The summed E-state index contributed by atoms with van der Waals surface area (Å²) in [4.78, 5) is 5.99. The third kappa shape index (κ3) is 3.83. The molecule has 0 atom stereocenters. The Labute approximate surface area is 83.8 Å². The molecule has 2 N–H and O–H groups in total. The van der Waals surface area contributed by atoms with Crippen LogP contribution in [0.2, 0.25) is 0 Å². The molecule has 0 fully saturated rings. The molecule has 0 bridgehead atoms. The summed E-state index contributed by atoms with van der Waals surface area (Å²) >= 11 is 0. The SMILES string of the molecule is OCCN(CCO)Cc1cccnc1. The van der Waals surface area contributed by atoms with Crippen LogP contribution in [0, 0.1) is 0 Å². The van der Waals surface area contributed by atoms with Crippen LogP contribution in [0.5, 0.6) is 0 Å². The minimum absolute atomic E-state index is 0.111. The molecule has 14 heavy (non-hydrogen) atoms. The molecule has 0 spiro atoms. The van der Waals surface area contributed by atoms with Crippen LogP contribution < -0.4 is 0 Å². The lowest BCUT2D eigenvalue weighted by atomic mass is 10.2. The van der Waals surface area contributed by atoms with Gasteiger partial charge in [0.15, 0.2) is 0 Å². The van der Waals surface area contributed by atoms with E-state index >= 15 is 0 Å². The first-order chi connectivity index (χ1) is 6.86. The Bertz CT molecular complexity index is 235. The second-order valence-corrected chi connectivity index (χ2v) is 3.08. The molecule has 0 saturated carbocycles. The van der Waals surface area contributed by atoms with Gasteiger partial charge in [-0.05, 0) is 11.6 Å². The maximum Gasteiger partial charge on any atom is 0.0558 e. The van der Waals surface area contributed by atoms with E-state index in [2.05, 4.69) is 4.98 Å². The molecule has 0 aliphatic heterocycles. The average molecular weight is 196 g/mol. The Morgan fingerprint density at radius 3 is 2.43 bits per heavy atom. The number of aliphatic hydroxyl groups excluding tert-OH is 2. The van der Waals surface area contributed by atoms with Crippen molar-refractivity contribution in [2.75, 3.05) is 26.3 Å². The molecule has 78 valence electrons. The van der Waals surface area contributed by atoms with Crippen LogP contribution in [0.1, 0.15) is 5.56 Å². The summed E-state index contributed by atoms with van der Waals surface area (Å²) < 4.78 is 0. The van der Waals surface area contributed by atoms with E-state index in [9.17, 15) is 0 Å². The summed E-state index contributed by atoms with van der Waals surface area (Å²) in [5.41, 5.74) is 1.09. The molecule has 1 aromatic heterocycles. The molecule has 0 aliphatic rings. The van der Waals surface area contributed by atoms with Gasteiger partial charge in [0.25, 0.3) is 0 Å². The molecule has 0 aliphatic carbocycles. The van der Waals surface area contributed by atoms with E-state index in [1.165, 1.54) is 0 Å². The lowest BCUT2D eigenvalue weighted by Crippen LogP contribution is -2.29. The minimum atomic E-state index is 0.111. The molecular formula is C10H16N2O2. The maximum absolute atomic E-state index is 8.80. The van der Waals surface area contributed by atoms with E-state index < -0.39 is 0 Å². The molecule has 0 amide bonds. The standard InChI is InChI=1S/C10H16N2O2/c13-6-4-12(5-7-14)9-10-2-1-3-11-8-10/h1-3,8,13-14H,4-7,9H2. The topological polar surface area (TPSA) is 56.6 Å². The van der Waals surface area contributed by atoms with Crippen molar-refractivity contribution < 1.29 is 10.2 Å². The van der Waals surface area contributed by atoms with Crippen LogP contribution in [-0.2, 0) is 6.54 Å². The van der Waals surface area contributed by atoms with E-state index in [0.29, 0.717) is 13.1 Å². The third-order valence-corrected chi connectivity index (χ3v) is 1.96. The van der Waals surface area contributed by atoms with Crippen molar-refractivity contribution in [3.05, 3.63) is 30.1 Å². The second-order valence-electron chi connectivity index (χ2n) is 3.08. The summed E-state index contributed by atoms with van der Waals surface area (Å²) in [7, 11) is 0. The van der Waals surface area contributed by atoms with E-state index in [0.717, 1.165) is 12.1 Å². The van der Waals surface area contributed by atoms with Crippen molar-refractivity contribution in [3.63, 3.8) is 0 Å². The lowest BCUT2D eigenvalue weighted by Gasteiger charge is -2.19. The summed E-state index contributed by atoms with van der Waals surface area (Å²) in [5.74, 6) is 0. The van der Waals surface area contributed by atoms with Gasteiger partial charge in [0.1, 0.15) is 0 Å². The number of aliphatic hydroxyl groups is 2. The van der Waals surface area contributed by atoms with Crippen LogP contribution in [0.4, 0.5) is 0 Å². The first kappa shape index (κ1) is 11.1. The van der Waals surface area contributed by atoms with Gasteiger partial charge in [0.05, 0.1) is 13.2 Å². The molecule has 1 heterocycles. The zero-order valence-electron chi connectivity index (χ0n) is 8.13. The van der Waals surface area contributed by atoms with Crippen molar-refractivity contribution in [2.45, 2.75) is 6.54 Å². The number of pyridine rings is 1. The largest absolute Gasteiger partial charge is 0.395 e. The van der Waals surface area contributed by atoms with E-state index in [4.69, 9.17) is 10.2 Å². The van der Waals surface area contributed by atoms with Crippen molar-refractivity contribution in [1.29, 1.82) is 0 Å². The number of hydrogen-bond donors (Lipinski definition) is 2. The fraction of sp³-hybridized carbons (Fsp3) is 0.500. The molecule has 0 saturated heterocycles. The van der Waals surface area contributed by atoms with Gasteiger partial charge < -0.3 is 10.2 Å². The summed E-state index contributed by atoms with van der Waals surface area (Å²) in [6, 6.07) is 3.86. The number of hydrogen-bond acceptors (Lipinski definition) is 4. The van der Waals surface area contributed by atoms with E-state index in [1.807, 2.05) is 17.0 Å². The van der Waals surface area contributed by atoms with Gasteiger partial charge in [-0.3, -0.25) is 9.88 Å². The predicted molar refractivity (Wildman–Crippen MR) is 53.7 cm³/mol. The smallest absolute Gasteiger partial charge is 0.0558 e. The van der Waals surface area contributed by atoms with Crippen molar-refractivity contribution in [3.8, 4) is 0 Å². The fourth-order valence-electron chi connectivity index (χ4n) is 1.30. The highest BCUT2D eigenvalue weighted by Gasteiger charge is 2.03. The Morgan fingerprint density at radius 2 is 1.93 bits per heavy atom. The normalized spacial score (nSPS) is 10.8. The van der Waals surface area contributed by atoms with Gasteiger partial charge in [-0.25, -0.2) is 0 Å². The summed E-state index contributed by atoms with van der Waals surface area (Å²) in [5, 5.41) is 17.6. The van der Waals surface area contributed by atoms with Gasteiger partial charge in [-0.1, -0.05) is 6.07 Å². The van der Waals surface area contributed by atoms with Crippen LogP contribution in [0.25, 0.3) is 0 Å². The zero-order valence-corrected chi connectivity index (χ0v) is 8.13. The summed E-state index contributed by atoms with van der Waals surface area (Å²) in [6.07, 6.45) is 3.52. The maximum atomic E-state index is 8.80. The monoisotopic (exact) mass is 196 g/mol. The third-order valence-electron chi connectivity index (χ3n) is 1.96. The molecule has 1 aromatic rings.